The van der Waals surface area contributed by atoms with Crippen molar-refractivity contribution in [1.82, 2.24) is 10.6 Å². The molecular weight excluding hydrogens is 280 g/mol. The molecule has 7 heteroatoms. The van der Waals surface area contributed by atoms with Crippen molar-refractivity contribution in [2.24, 2.45) is 0 Å². The first-order valence-corrected chi connectivity index (χ1v) is 8.57. The van der Waals surface area contributed by atoms with Crippen LogP contribution in [-0.2, 0) is 15.6 Å². The summed E-state index contributed by atoms with van der Waals surface area (Å²) in [6, 6.07) is -0.331. The summed E-state index contributed by atoms with van der Waals surface area (Å²) in [6.45, 7) is 2.31. The quantitative estimate of drug-likeness (QED) is 0.659. The van der Waals surface area contributed by atoms with Crippen molar-refractivity contribution >= 4 is 22.8 Å². The van der Waals surface area contributed by atoms with E-state index in [1.54, 1.807) is 6.26 Å². The maximum atomic E-state index is 11.8. The van der Waals surface area contributed by atoms with Gasteiger partial charge in [-0.2, -0.15) is 0 Å². The standard InChI is InChI=1S/C13H24N2O4S/c1-10(20(2)19)5-8-14-12(18)15-13(9-11(16)17)6-3-4-7-13/h10H,3-9H2,1-2H3,(H,16,17)(H2,14,15,18). The van der Waals surface area contributed by atoms with E-state index in [2.05, 4.69) is 10.6 Å². The molecular formula is C13H24N2O4S. The number of rotatable bonds is 7. The number of carbonyl (C=O) groups is 2. The number of hydrogen-bond acceptors (Lipinski definition) is 3. The van der Waals surface area contributed by atoms with Crippen molar-refractivity contribution < 1.29 is 18.9 Å². The third kappa shape index (κ3) is 5.48. The molecule has 0 heterocycles. The smallest absolute Gasteiger partial charge is 0.315 e. The average molecular weight is 304 g/mol. The number of nitrogens with one attached hydrogen (secondary N) is 2. The van der Waals surface area contributed by atoms with Gasteiger partial charge in [-0.25, -0.2) is 4.79 Å². The number of carbonyl (C=O) groups excluding carboxylic acids is 1. The number of urea groups is 1. The van der Waals surface area contributed by atoms with Crippen molar-refractivity contribution in [1.29, 1.82) is 0 Å². The molecule has 20 heavy (non-hydrogen) atoms. The molecule has 0 saturated heterocycles. The van der Waals surface area contributed by atoms with Gasteiger partial charge in [-0.05, 0) is 19.3 Å². The van der Waals surface area contributed by atoms with Gasteiger partial charge in [0.1, 0.15) is 0 Å². The minimum Gasteiger partial charge on any atom is -0.481 e. The van der Waals surface area contributed by atoms with E-state index in [0.717, 1.165) is 12.8 Å². The van der Waals surface area contributed by atoms with Crippen LogP contribution in [0.4, 0.5) is 4.79 Å². The van der Waals surface area contributed by atoms with Crippen LogP contribution >= 0.6 is 0 Å². The van der Waals surface area contributed by atoms with Crippen molar-refractivity contribution in [2.45, 2.75) is 56.2 Å². The summed E-state index contributed by atoms with van der Waals surface area (Å²) in [7, 11) is -0.894. The Bertz CT molecular complexity index is 381. The molecule has 2 atom stereocenters. The normalized spacial score (nSPS) is 20.1. The topological polar surface area (TPSA) is 95.5 Å². The zero-order valence-corrected chi connectivity index (χ0v) is 12.9. The van der Waals surface area contributed by atoms with Gasteiger partial charge in [-0.1, -0.05) is 19.8 Å². The molecule has 0 aromatic carbocycles. The summed E-state index contributed by atoms with van der Waals surface area (Å²) in [5.74, 6) is -0.887. The fraction of sp³-hybridized carbons (Fsp3) is 0.846. The number of carboxylic acid groups (broad SMARTS) is 1. The Morgan fingerprint density at radius 3 is 2.45 bits per heavy atom. The highest BCUT2D eigenvalue weighted by Crippen LogP contribution is 2.32. The van der Waals surface area contributed by atoms with Crippen LogP contribution in [0.2, 0.25) is 0 Å². The Hall–Kier alpha value is -1.11. The Balaban J connectivity index is 2.39. The Morgan fingerprint density at radius 1 is 1.35 bits per heavy atom. The van der Waals surface area contributed by atoms with E-state index in [9.17, 15) is 13.8 Å². The van der Waals surface area contributed by atoms with Gasteiger partial charge in [0.15, 0.2) is 0 Å². The maximum absolute atomic E-state index is 11.8. The summed E-state index contributed by atoms with van der Waals surface area (Å²) >= 11 is 0. The monoisotopic (exact) mass is 304 g/mol. The predicted molar refractivity (Wildman–Crippen MR) is 78.1 cm³/mol. The lowest BCUT2D eigenvalue weighted by atomic mass is 9.93. The molecule has 0 bridgehead atoms. The van der Waals surface area contributed by atoms with Crippen molar-refractivity contribution in [2.75, 3.05) is 12.8 Å². The third-order valence-corrected chi connectivity index (χ3v) is 5.20. The average Bonchev–Trinajstić information content (AvgIpc) is 2.75. The van der Waals surface area contributed by atoms with Gasteiger partial charge in [0.05, 0.1) is 12.0 Å². The van der Waals surface area contributed by atoms with Crippen LogP contribution in [0.1, 0.15) is 45.4 Å². The molecule has 1 fully saturated rings. The van der Waals surface area contributed by atoms with Crippen molar-refractivity contribution in [3.8, 4) is 0 Å². The van der Waals surface area contributed by atoms with Crippen LogP contribution in [-0.4, -0.2) is 44.9 Å². The molecule has 0 aromatic rings. The molecule has 1 saturated carbocycles. The number of carboxylic acids is 1. The summed E-state index contributed by atoms with van der Waals surface area (Å²) in [6.07, 6.45) is 5.56. The van der Waals surface area contributed by atoms with E-state index in [1.165, 1.54) is 0 Å². The molecule has 1 rings (SSSR count). The molecule has 3 N–H and O–H groups in total. The van der Waals surface area contributed by atoms with Crippen LogP contribution in [0.25, 0.3) is 0 Å². The van der Waals surface area contributed by atoms with E-state index < -0.39 is 22.3 Å². The van der Waals surface area contributed by atoms with E-state index >= 15 is 0 Å². The number of amides is 2. The Kier molecular flexibility index (Phi) is 6.45. The molecule has 6 nitrogen and oxygen atoms in total. The van der Waals surface area contributed by atoms with Gasteiger partial charge in [-0.15, -0.1) is 0 Å². The second-order valence-electron chi connectivity index (χ2n) is 5.54. The Morgan fingerprint density at radius 2 is 1.95 bits per heavy atom. The number of aliphatic carboxylic acids is 1. The zero-order valence-electron chi connectivity index (χ0n) is 12.1. The van der Waals surface area contributed by atoms with Gasteiger partial charge in [0.2, 0.25) is 0 Å². The SMILES string of the molecule is CC(CCNC(=O)NC1(CC(=O)O)CCCC1)S(C)=O. The van der Waals surface area contributed by atoms with Crippen LogP contribution in [0.3, 0.4) is 0 Å². The second kappa shape index (κ2) is 7.61. The van der Waals surface area contributed by atoms with Gasteiger partial charge >= 0.3 is 12.0 Å². The molecule has 1 aliphatic rings. The van der Waals surface area contributed by atoms with Gasteiger partial charge in [-0.3, -0.25) is 9.00 Å². The fourth-order valence-electron chi connectivity index (χ4n) is 2.53. The van der Waals surface area contributed by atoms with E-state index in [1.807, 2.05) is 6.92 Å². The highest BCUT2D eigenvalue weighted by atomic mass is 32.2. The number of hydrogen-bond donors (Lipinski definition) is 3. The summed E-state index contributed by atoms with van der Waals surface area (Å²) < 4.78 is 11.2. The minimum absolute atomic E-state index is 0.0319. The first-order valence-electron chi connectivity index (χ1n) is 6.95. The molecule has 0 radical (unpaired) electrons. The molecule has 0 aromatic heterocycles. The first kappa shape index (κ1) is 16.9. The lowest BCUT2D eigenvalue weighted by Crippen LogP contribution is -2.51. The molecule has 2 amide bonds. The summed E-state index contributed by atoms with van der Waals surface area (Å²) in [5, 5.41) is 14.5. The van der Waals surface area contributed by atoms with Crippen LogP contribution < -0.4 is 10.6 Å². The van der Waals surface area contributed by atoms with Gasteiger partial charge in [0, 0.05) is 28.9 Å². The van der Waals surface area contributed by atoms with Crippen LogP contribution in [0.15, 0.2) is 0 Å². The third-order valence-electron chi connectivity index (χ3n) is 3.83. The van der Waals surface area contributed by atoms with Crippen molar-refractivity contribution in [3.63, 3.8) is 0 Å². The fourth-order valence-corrected chi connectivity index (χ4v) is 2.98. The molecule has 0 aliphatic heterocycles. The highest BCUT2D eigenvalue weighted by molar-refractivity contribution is 7.84. The zero-order chi connectivity index (χ0) is 15.2. The lowest BCUT2D eigenvalue weighted by molar-refractivity contribution is -0.138. The summed E-state index contributed by atoms with van der Waals surface area (Å²) in [4.78, 5) is 22.8. The van der Waals surface area contributed by atoms with Gasteiger partial charge in [0.25, 0.3) is 0 Å². The van der Waals surface area contributed by atoms with E-state index in [-0.39, 0.29) is 17.7 Å². The lowest BCUT2D eigenvalue weighted by Gasteiger charge is -2.28. The van der Waals surface area contributed by atoms with E-state index in [0.29, 0.717) is 25.8 Å². The summed E-state index contributed by atoms with van der Waals surface area (Å²) in [5.41, 5.74) is -0.602. The van der Waals surface area contributed by atoms with E-state index in [4.69, 9.17) is 5.11 Å². The van der Waals surface area contributed by atoms with Crippen LogP contribution in [0.5, 0.6) is 0 Å². The largest absolute Gasteiger partial charge is 0.481 e. The Labute approximate surface area is 122 Å². The predicted octanol–water partition coefficient (Wildman–Crippen LogP) is 1.23. The van der Waals surface area contributed by atoms with Crippen molar-refractivity contribution in [3.05, 3.63) is 0 Å². The molecule has 116 valence electrons. The first-order chi connectivity index (χ1) is 9.34. The highest BCUT2D eigenvalue weighted by Gasteiger charge is 2.37. The van der Waals surface area contributed by atoms with Gasteiger partial charge < -0.3 is 15.7 Å². The van der Waals surface area contributed by atoms with Crippen LogP contribution in [0, 0.1) is 0 Å². The molecule has 1 aliphatic carbocycles. The molecule has 2 unspecified atom stereocenters. The maximum Gasteiger partial charge on any atom is 0.315 e. The molecule has 0 spiro atoms. The second-order valence-corrected chi connectivity index (χ2v) is 7.34. The minimum atomic E-state index is -0.894.